The van der Waals surface area contributed by atoms with E-state index in [-0.39, 0.29) is 12.1 Å². The Labute approximate surface area is 175 Å². The lowest BCUT2D eigenvalue weighted by molar-refractivity contribution is 0.0486. The molecule has 0 radical (unpaired) electrons. The minimum Gasteiger partial charge on any atom is -0.490 e. The van der Waals surface area contributed by atoms with Crippen molar-refractivity contribution in [3.8, 4) is 5.75 Å². The van der Waals surface area contributed by atoms with Gasteiger partial charge in [-0.05, 0) is 45.2 Å². The van der Waals surface area contributed by atoms with Crippen LogP contribution in [0.5, 0.6) is 5.75 Å². The van der Waals surface area contributed by atoms with Gasteiger partial charge in [0, 0.05) is 32.9 Å². The Hall–Kier alpha value is -2.51. The smallest absolute Gasteiger partial charge is 0.407 e. The number of carbonyl (C=O) groups is 1. The third kappa shape index (κ3) is 10.6. The molecule has 0 aliphatic heterocycles. The monoisotopic (exact) mass is 407 g/mol. The van der Waals surface area contributed by atoms with Crippen LogP contribution in [0.2, 0.25) is 0 Å². The van der Waals surface area contributed by atoms with Gasteiger partial charge in [0.15, 0.2) is 5.96 Å². The summed E-state index contributed by atoms with van der Waals surface area (Å²) in [6, 6.07) is 3.73. The second-order valence-electron chi connectivity index (χ2n) is 8.22. The summed E-state index contributed by atoms with van der Waals surface area (Å²) >= 11 is 0. The van der Waals surface area contributed by atoms with E-state index in [1.54, 1.807) is 19.4 Å². The Morgan fingerprint density at radius 1 is 1.34 bits per heavy atom. The fraction of sp³-hybridized carbons (Fsp3) is 0.667. The van der Waals surface area contributed by atoms with Crippen LogP contribution in [0.1, 0.15) is 41.0 Å². The fourth-order valence-corrected chi connectivity index (χ4v) is 2.62. The molecule has 0 aromatic carbocycles. The van der Waals surface area contributed by atoms with E-state index in [2.05, 4.69) is 34.5 Å². The summed E-state index contributed by atoms with van der Waals surface area (Å²) in [7, 11) is 3.72. The third-order valence-corrected chi connectivity index (χ3v) is 4.14. The average molecular weight is 408 g/mol. The zero-order valence-electron chi connectivity index (χ0n) is 18.9. The first-order valence-corrected chi connectivity index (χ1v) is 10.1. The van der Waals surface area contributed by atoms with Gasteiger partial charge in [-0.1, -0.05) is 13.8 Å². The van der Waals surface area contributed by atoms with Crippen LogP contribution in [0.3, 0.4) is 0 Å². The molecule has 1 amide bonds. The molecule has 164 valence electrons. The van der Waals surface area contributed by atoms with Crippen LogP contribution >= 0.6 is 0 Å². The number of alkyl carbamates (subject to hydrolysis) is 1. The topological polar surface area (TPSA) is 88.1 Å². The third-order valence-electron chi connectivity index (χ3n) is 4.14. The standard InChI is InChI=1S/C21H37N5O3/c1-16(2)18(25-20(27)29-21(3,4)5)10-13-26(7)19(22-6)24-12-14-28-17-9-8-11-23-15-17/h8-9,11,15-16,18H,10,12-14H2,1-7H3,(H,22,24)(H,25,27). The SMILES string of the molecule is CN=C(NCCOc1cccnc1)N(C)CCC(NC(=O)OC(C)(C)C)C(C)C. The van der Waals surface area contributed by atoms with Gasteiger partial charge >= 0.3 is 6.09 Å². The molecule has 0 spiro atoms. The molecule has 0 bridgehead atoms. The van der Waals surface area contributed by atoms with Gasteiger partial charge in [-0.2, -0.15) is 0 Å². The van der Waals surface area contributed by atoms with E-state index in [9.17, 15) is 4.79 Å². The lowest BCUT2D eigenvalue weighted by atomic mass is 10.0. The molecule has 1 aromatic rings. The van der Waals surface area contributed by atoms with Crippen molar-refractivity contribution < 1.29 is 14.3 Å². The molecule has 8 heteroatoms. The van der Waals surface area contributed by atoms with Gasteiger partial charge in [-0.15, -0.1) is 0 Å². The first kappa shape index (κ1) is 24.5. The highest BCUT2D eigenvalue weighted by molar-refractivity contribution is 5.79. The summed E-state index contributed by atoms with van der Waals surface area (Å²) < 4.78 is 11.0. The van der Waals surface area contributed by atoms with Gasteiger partial charge in [0.1, 0.15) is 18.0 Å². The van der Waals surface area contributed by atoms with Crippen LogP contribution in [0.25, 0.3) is 0 Å². The second-order valence-corrected chi connectivity index (χ2v) is 8.22. The van der Waals surface area contributed by atoms with Crippen molar-refractivity contribution in [2.45, 2.75) is 52.7 Å². The van der Waals surface area contributed by atoms with Crippen LogP contribution < -0.4 is 15.4 Å². The second kappa shape index (κ2) is 12.1. The Kier molecular flexibility index (Phi) is 10.3. The zero-order valence-corrected chi connectivity index (χ0v) is 18.9. The Morgan fingerprint density at radius 3 is 2.62 bits per heavy atom. The van der Waals surface area contributed by atoms with Crippen molar-refractivity contribution in [2.24, 2.45) is 10.9 Å². The maximum absolute atomic E-state index is 12.1. The highest BCUT2D eigenvalue weighted by Crippen LogP contribution is 2.11. The van der Waals surface area contributed by atoms with Crippen molar-refractivity contribution in [1.29, 1.82) is 0 Å². The largest absolute Gasteiger partial charge is 0.490 e. The van der Waals surface area contributed by atoms with Crippen LogP contribution in [0, 0.1) is 5.92 Å². The van der Waals surface area contributed by atoms with E-state index >= 15 is 0 Å². The number of hydrogen-bond donors (Lipinski definition) is 2. The molecule has 1 unspecified atom stereocenters. The van der Waals surface area contributed by atoms with Crippen molar-refractivity contribution >= 4 is 12.1 Å². The molecule has 8 nitrogen and oxygen atoms in total. The van der Waals surface area contributed by atoms with E-state index in [1.165, 1.54) is 0 Å². The molecule has 0 saturated heterocycles. The first-order valence-electron chi connectivity index (χ1n) is 10.1. The van der Waals surface area contributed by atoms with Crippen LogP contribution in [-0.2, 0) is 4.74 Å². The van der Waals surface area contributed by atoms with Crippen molar-refractivity contribution in [3.05, 3.63) is 24.5 Å². The van der Waals surface area contributed by atoms with Gasteiger partial charge in [0.25, 0.3) is 0 Å². The Bertz CT molecular complexity index is 629. The highest BCUT2D eigenvalue weighted by atomic mass is 16.6. The number of rotatable bonds is 9. The molecule has 1 rings (SSSR count). The normalized spacial score (nSPS) is 13.0. The molecule has 1 heterocycles. The summed E-state index contributed by atoms with van der Waals surface area (Å²) in [5, 5.41) is 6.26. The number of aromatic nitrogens is 1. The van der Waals surface area contributed by atoms with E-state index < -0.39 is 5.60 Å². The molecule has 0 aliphatic carbocycles. The summed E-state index contributed by atoms with van der Waals surface area (Å²) in [6.45, 7) is 11.6. The van der Waals surface area contributed by atoms with E-state index in [0.717, 1.165) is 24.7 Å². The molecule has 2 N–H and O–H groups in total. The summed E-state index contributed by atoms with van der Waals surface area (Å²) in [5.74, 6) is 1.81. The number of aliphatic imine (C=N–C) groups is 1. The first-order chi connectivity index (χ1) is 13.6. The van der Waals surface area contributed by atoms with Gasteiger partial charge < -0.3 is 25.0 Å². The number of amides is 1. The molecular weight excluding hydrogens is 370 g/mol. The summed E-state index contributed by atoms with van der Waals surface area (Å²) in [4.78, 5) is 22.5. The van der Waals surface area contributed by atoms with Gasteiger partial charge in [-0.25, -0.2) is 4.79 Å². The van der Waals surface area contributed by atoms with Crippen LogP contribution in [-0.4, -0.2) is 67.4 Å². The van der Waals surface area contributed by atoms with Crippen LogP contribution in [0.4, 0.5) is 4.79 Å². The van der Waals surface area contributed by atoms with Gasteiger partial charge in [0.05, 0.1) is 12.7 Å². The molecule has 1 aromatic heterocycles. The number of nitrogens with zero attached hydrogens (tertiary/aromatic N) is 3. The molecule has 0 aliphatic rings. The number of pyridine rings is 1. The maximum atomic E-state index is 12.1. The minimum atomic E-state index is -0.508. The lowest BCUT2D eigenvalue weighted by Gasteiger charge is -2.28. The molecule has 0 fully saturated rings. The Balaban J connectivity index is 2.42. The molecule has 29 heavy (non-hydrogen) atoms. The average Bonchev–Trinajstić information content (AvgIpc) is 2.64. The molecular formula is C21H37N5O3. The van der Waals surface area contributed by atoms with Crippen molar-refractivity contribution in [1.82, 2.24) is 20.5 Å². The predicted molar refractivity (Wildman–Crippen MR) is 116 cm³/mol. The Morgan fingerprint density at radius 2 is 2.07 bits per heavy atom. The number of nitrogens with one attached hydrogen (secondary N) is 2. The number of hydrogen-bond acceptors (Lipinski definition) is 5. The lowest BCUT2D eigenvalue weighted by Crippen LogP contribution is -2.45. The maximum Gasteiger partial charge on any atom is 0.407 e. The minimum absolute atomic E-state index is 0.0133. The quantitative estimate of drug-likeness (QED) is 0.372. The summed E-state index contributed by atoms with van der Waals surface area (Å²) in [6.07, 6.45) is 3.79. The number of ether oxygens (including phenoxy) is 2. The van der Waals surface area contributed by atoms with Gasteiger partial charge in [0.2, 0.25) is 0 Å². The van der Waals surface area contributed by atoms with Crippen molar-refractivity contribution in [2.75, 3.05) is 33.8 Å². The molecule has 1 atom stereocenters. The fourth-order valence-electron chi connectivity index (χ4n) is 2.62. The highest BCUT2D eigenvalue weighted by Gasteiger charge is 2.22. The van der Waals surface area contributed by atoms with E-state index in [1.807, 2.05) is 44.9 Å². The molecule has 0 saturated carbocycles. The number of guanidine groups is 1. The zero-order chi connectivity index (χ0) is 21.9. The van der Waals surface area contributed by atoms with Gasteiger partial charge in [-0.3, -0.25) is 9.98 Å². The van der Waals surface area contributed by atoms with Crippen LogP contribution in [0.15, 0.2) is 29.5 Å². The summed E-state index contributed by atoms with van der Waals surface area (Å²) in [5.41, 5.74) is -0.508. The van der Waals surface area contributed by atoms with E-state index in [0.29, 0.717) is 19.1 Å². The van der Waals surface area contributed by atoms with E-state index in [4.69, 9.17) is 9.47 Å². The predicted octanol–water partition coefficient (Wildman–Crippen LogP) is 2.91. The van der Waals surface area contributed by atoms with Crippen molar-refractivity contribution in [3.63, 3.8) is 0 Å². The number of carbonyl (C=O) groups excluding carboxylic acids is 1.